The van der Waals surface area contributed by atoms with Crippen molar-refractivity contribution in [1.82, 2.24) is 5.32 Å². The summed E-state index contributed by atoms with van der Waals surface area (Å²) in [6.45, 7) is 0.773. The fourth-order valence-corrected chi connectivity index (χ4v) is 3.04. The van der Waals surface area contributed by atoms with Crippen molar-refractivity contribution in [3.8, 4) is 0 Å². The first-order valence-electron chi connectivity index (χ1n) is 7.48. The molecule has 2 aliphatic rings. The summed E-state index contributed by atoms with van der Waals surface area (Å²) in [4.78, 5) is 30.9. The van der Waals surface area contributed by atoms with Crippen LogP contribution in [0.5, 0.6) is 0 Å². The summed E-state index contributed by atoms with van der Waals surface area (Å²) >= 11 is 0. The Hall–Kier alpha value is -2.99. The maximum atomic E-state index is 13.7. The summed E-state index contributed by atoms with van der Waals surface area (Å²) in [7, 11) is 0. The van der Waals surface area contributed by atoms with E-state index in [1.165, 1.54) is 5.32 Å². The Bertz CT molecular complexity index is 888. The number of hydrogen-bond acceptors (Lipinski definition) is 4. The molecule has 1 aromatic carbocycles. The number of halogens is 7. The van der Waals surface area contributed by atoms with Crippen LogP contribution < -0.4 is 10.2 Å². The number of anilines is 1. The molecule has 0 saturated carbocycles. The van der Waals surface area contributed by atoms with Gasteiger partial charge in [0.1, 0.15) is 23.4 Å². The quantitative estimate of drug-likeness (QED) is 0.723. The third-order valence-electron chi connectivity index (χ3n) is 4.16. The molecule has 0 aliphatic carbocycles. The summed E-state index contributed by atoms with van der Waals surface area (Å²) in [6.07, 6.45) is -12.1. The molecule has 0 spiro atoms. The Morgan fingerprint density at radius 1 is 1.04 bits per heavy atom. The van der Waals surface area contributed by atoms with Crippen molar-refractivity contribution in [3.63, 3.8) is 0 Å². The smallest absolute Gasteiger partial charge is 0.277 e. The van der Waals surface area contributed by atoms with Crippen molar-refractivity contribution in [2.24, 2.45) is 15.9 Å². The third kappa shape index (κ3) is 2.72. The van der Waals surface area contributed by atoms with Crippen LogP contribution in [0, 0.1) is 11.7 Å². The van der Waals surface area contributed by atoms with Crippen LogP contribution in [0.2, 0.25) is 0 Å². The summed E-state index contributed by atoms with van der Waals surface area (Å²) in [5.74, 6) is -7.68. The number of fused-ring (bicyclic) bond motifs is 1. The van der Waals surface area contributed by atoms with Gasteiger partial charge < -0.3 is 0 Å². The van der Waals surface area contributed by atoms with Crippen molar-refractivity contribution >= 4 is 29.3 Å². The van der Waals surface area contributed by atoms with Gasteiger partial charge in [-0.15, -0.1) is 0 Å². The van der Waals surface area contributed by atoms with E-state index in [4.69, 9.17) is 0 Å². The minimum atomic E-state index is -6.04. The number of carbonyl (C=O) groups excluding carboxylic acids is 2. The van der Waals surface area contributed by atoms with Crippen LogP contribution in [-0.2, 0) is 4.79 Å². The van der Waals surface area contributed by atoms with E-state index in [1.807, 2.05) is 0 Å². The lowest BCUT2D eigenvalue weighted by Gasteiger charge is -2.45. The Kier molecular flexibility index (Phi) is 4.24. The minimum Gasteiger partial charge on any atom is -0.277 e. The molecule has 150 valence electrons. The number of benzene rings is 1. The molecule has 13 heteroatoms. The van der Waals surface area contributed by atoms with Gasteiger partial charge in [0.25, 0.3) is 5.54 Å². The van der Waals surface area contributed by atoms with E-state index >= 15 is 0 Å². The van der Waals surface area contributed by atoms with Crippen LogP contribution in [0.25, 0.3) is 0 Å². The highest BCUT2D eigenvalue weighted by Gasteiger charge is 2.79. The van der Waals surface area contributed by atoms with Crippen LogP contribution in [0.3, 0.4) is 0 Å². The highest BCUT2D eigenvalue weighted by Crippen LogP contribution is 2.53. The van der Waals surface area contributed by atoms with Crippen molar-refractivity contribution < 1.29 is 40.3 Å². The van der Waals surface area contributed by atoms with Crippen molar-refractivity contribution in [2.75, 3.05) is 4.90 Å². The van der Waals surface area contributed by atoms with Gasteiger partial charge >= 0.3 is 18.4 Å². The van der Waals surface area contributed by atoms with Gasteiger partial charge in [0.05, 0.1) is 5.69 Å². The van der Waals surface area contributed by atoms with E-state index in [2.05, 4.69) is 9.98 Å². The number of nitrogens with zero attached hydrogens (tertiary/aromatic N) is 3. The summed E-state index contributed by atoms with van der Waals surface area (Å²) in [5, 5.41) is 1.46. The van der Waals surface area contributed by atoms with E-state index in [-0.39, 0.29) is 5.69 Å². The number of rotatable bonds is 1. The number of carbonyl (C=O) groups is 2. The Balaban J connectivity index is 2.28. The fourth-order valence-electron chi connectivity index (χ4n) is 3.04. The third-order valence-corrected chi connectivity index (χ3v) is 4.16. The molecule has 1 unspecified atom stereocenters. The van der Waals surface area contributed by atoms with Gasteiger partial charge in [0, 0.05) is 0 Å². The Labute approximate surface area is 151 Å². The minimum absolute atomic E-state index is 0.289. The number of nitrogens with one attached hydrogen (secondary N) is 1. The molecule has 1 saturated heterocycles. The molecule has 2 heterocycles. The molecule has 1 fully saturated rings. The molecular weight excluding hydrogens is 401 g/mol. The first kappa shape index (κ1) is 19.8. The van der Waals surface area contributed by atoms with Crippen molar-refractivity contribution in [3.05, 3.63) is 30.1 Å². The first-order valence-corrected chi connectivity index (χ1v) is 7.48. The average molecular weight is 410 g/mol. The second-order valence-corrected chi connectivity index (χ2v) is 5.93. The van der Waals surface area contributed by atoms with Gasteiger partial charge in [-0.2, -0.15) is 26.3 Å². The van der Waals surface area contributed by atoms with Gasteiger partial charge in [0.15, 0.2) is 0 Å². The topological polar surface area (TPSA) is 74.1 Å². The number of amides is 3. The van der Waals surface area contributed by atoms with Crippen molar-refractivity contribution in [2.45, 2.75) is 24.8 Å². The van der Waals surface area contributed by atoms with Crippen LogP contribution in [0.1, 0.15) is 6.92 Å². The van der Waals surface area contributed by atoms with Crippen LogP contribution >= 0.6 is 0 Å². The first-order chi connectivity index (χ1) is 12.8. The highest BCUT2D eigenvalue weighted by atomic mass is 19.4. The zero-order valence-corrected chi connectivity index (χ0v) is 13.7. The number of amidine groups is 2. The molecule has 3 amide bonds. The zero-order valence-electron chi connectivity index (χ0n) is 13.7. The van der Waals surface area contributed by atoms with Gasteiger partial charge in [-0.3, -0.25) is 10.1 Å². The van der Waals surface area contributed by atoms with E-state index < -0.39 is 53.2 Å². The number of hydrogen-bond donors (Lipinski definition) is 1. The summed E-state index contributed by atoms with van der Waals surface area (Å²) in [5.41, 5.74) is -5.13. The van der Waals surface area contributed by atoms with E-state index in [0.717, 1.165) is 31.2 Å². The second-order valence-electron chi connectivity index (χ2n) is 5.93. The Morgan fingerprint density at radius 2 is 1.57 bits per heavy atom. The summed E-state index contributed by atoms with van der Waals surface area (Å²) in [6, 6.07) is 2.21. The maximum Gasteiger partial charge on any atom is 0.423 e. The molecule has 3 rings (SSSR count). The zero-order chi connectivity index (χ0) is 21.1. The van der Waals surface area contributed by atoms with Crippen molar-refractivity contribution in [1.29, 1.82) is 0 Å². The molecule has 28 heavy (non-hydrogen) atoms. The molecule has 1 atom stereocenters. The van der Waals surface area contributed by atoms with Gasteiger partial charge in [0.2, 0.25) is 5.91 Å². The van der Waals surface area contributed by atoms with Crippen LogP contribution in [-0.4, -0.2) is 41.5 Å². The number of aliphatic imine (C=N–C) groups is 2. The molecule has 6 nitrogen and oxygen atoms in total. The molecule has 1 N–H and O–H groups in total. The lowest BCUT2D eigenvalue weighted by molar-refractivity contribution is -0.302. The molecule has 0 bridgehead atoms. The number of imide groups is 1. The molecule has 1 aromatic rings. The van der Waals surface area contributed by atoms with E-state index in [0.29, 0.717) is 4.90 Å². The van der Waals surface area contributed by atoms with Gasteiger partial charge in [-0.25, -0.2) is 24.1 Å². The van der Waals surface area contributed by atoms with Gasteiger partial charge in [-0.1, -0.05) is 0 Å². The predicted molar refractivity (Wildman–Crippen MR) is 81.3 cm³/mol. The predicted octanol–water partition coefficient (Wildman–Crippen LogP) is 3.19. The van der Waals surface area contributed by atoms with Crippen LogP contribution in [0.15, 0.2) is 34.3 Å². The monoisotopic (exact) mass is 410 g/mol. The standard InChI is InChI=1S/C15H9F7N4O2/c1-6-23-10-9(13(25-6,14(17,18)19)15(20,21)22)11(27)24-12(28)26(10)8-4-2-7(16)3-5-8/h2-5,9H,1H3,(H,24,27,28). The largest absolute Gasteiger partial charge is 0.423 e. The summed E-state index contributed by atoms with van der Waals surface area (Å²) < 4.78 is 95.2. The maximum absolute atomic E-state index is 13.7. The van der Waals surface area contributed by atoms with Gasteiger partial charge in [-0.05, 0) is 31.2 Å². The molecule has 0 aromatic heterocycles. The molecule has 0 radical (unpaired) electrons. The lowest BCUT2D eigenvalue weighted by atomic mass is 9.78. The van der Waals surface area contributed by atoms with E-state index in [9.17, 15) is 40.3 Å². The fraction of sp³-hybridized carbons (Fsp3) is 0.333. The lowest BCUT2D eigenvalue weighted by Crippen LogP contribution is -2.73. The van der Waals surface area contributed by atoms with E-state index in [1.54, 1.807) is 0 Å². The number of alkyl halides is 6. The average Bonchev–Trinajstić information content (AvgIpc) is 2.53. The highest BCUT2D eigenvalue weighted by molar-refractivity contribution is 6.32. The molecule has 2 aliphatic heterocycles. The Morgan fingerprint density at radius 3 is 2.07 bits per heavy atom. The number of urea groups is 1. The SMILES string of the molecule is CC1=NC(C(F)(F)F)(C(F)(F)F)C2C(=O)NC(=O)N(c3ccc(F)cc3)C2=N1. The second kappa shape index (κ2) is 6.01. The normalized spacial score (nSPS) is 22.3. The van der Waals surface area contributed by atoms with Crippen LogP contribution in [0.4, 0.5) is 41.2 Å². The molecular formula is C15H9F7N4O2.